The predicted molar refractivity (Wildman–Crippen MR) is 116 cm³/mol. The minimum Gasteiger partial charge on any atom is -0.495 e. The van der Waals surface area contributed by atoms with Crippen LogP contribution in [0.1, 0.15) is 29.8 Å². The van der Waals surface area contributed by atoms with Gasteiger partial charge in [0, 0.05) is 5.69 Å². The molecule has 0 aliphatic rings. The number of aryl methyl sites for hydroxylation is 1. The first-order valence-corrected chi connectivity index (χ1v) is 11.2. The summed E-state index contributed by atoms with van der Waals surface area (Å²) in [5.74, 6) is -0.746. The molecule has 0 unspecified atom stereocenters. The van der Waals surface area contributed by atoms with E-state index < -0.39 is 27.9 Å². The van der Waals surface area contributed by atoms with Gasteiger partial charge < -0.3 is 14.8 Å². The van der Waals surface area contributed by atoms with Gasteiger partial charge in [0.05, 0.1) is 31.2 Å². The third kappa shape index (κ3) is 5.50. The second kappa shape index (κ2) is 9.62. The van der Waals surface area contributed by atoms with Gasteiger partial charge in [-0.2, -0.15) is 0 Å². The number of carbonyl (C=O) groups is 2. The standard InChI is InChI=1S/C21H26N2O6S/c1-6-29-21(25)16-8-7-9-17(13-16)22-20(24)15(3)23(30(5,26)27)18-12-14(2)10-11-19(18)28-4/h7-13,15H,6H2,1-5H3,(H,22,24)/t15-/m1/s1. The van der Waals surface area contributed by atoms with Crippen molar-refractivity contribution >= 4 is 33.3 Å². The molecule has 2 aromatic carbocycles. The first kappa shape index (κ1) is 23.2. The fourth-order valence-electron chi connectivity index (χ4n) is 2.94. The maximum absolute atomic E-state index is 12.9. The number of sulfonamides is 1. The Morgan fingerprint density at radius 1 is 1.17 bits per heavy atom. The number of esters is 1. The van der Waals surface area contributed by atoms with E-state index in [-0.39, 0.29) is 17.9 Å². The Morgan fingerprint density at radius 3 is 2.47 bits per heavy atom. The normalized spacial score (nSPS) is 12.0. The molecule has 0 fully saturated rings. The average Bonchev–Trinajstić information content (AvgIpc) is 2.67. The van der Waals surface area contributed by atoms with Gasteiger partial charge in [0.25, 0.3) is 0 Å². The molecule has 1 amide bonds. The summed E-state index contributed by atoms with van der Waals surface area (Å²) in [6.07, 6.45) is 1.03. The van der Waals surface area contributed by atoms with E-state index in [2.05, 4.69) is 5.32 Å². The molecule has 0 aromatic heterocycles. The summed E-state index contributed by atoms with van der Waals surface area (Å²) in [5.41, 5.74) is 1.71. The lowest BCUT2D eigenvalue weighted by molar-refractivity contribution is -0.116. The molecule has 0 radical (unpaired) electrons. The zero-order valence-corrected chi connectivity index (χ0v) is 18.4. The molecular formula is C21H26N2O6S. The van der Waals surface area contributed by atoms with Gasteiger partial charge in [-0.1, -0.05) is 12.1 Å². The lowest BCUT2D eigenvalue weighted by Gasteiger charge is -2.29. The lowest BCUT2D eigenvalue weighted by atomic mass is 10.1. The van der Waals surface area contributed by atoms with Crippen LogP contribution in [0.5, 0.6) is 5.75 Å². The van der Waals surface area contributed by atoms with E-state index in [0.29, 0.717) is 11.4 Å². The van der Waals surface area contributed by atoms with Gasteiger partial charge in [0.15, 0.2) is 0 Å². The number of nitrogens with one attached hydrogen (secondary N) is 1. The number of benzene rings is 2. The first-order chi connectivity index (χ1) is 14.1. The van der Waals surface area contributed by atoms with E-state index in [1.807, 2.05) is 6.92 Å². The van der Waals surface area contributed by atoms with Crippen LogP contribution in [-0.2, 0) is 19.6 Å². The monoisotopic (exact) mass is 434 g/mol. The SMILES string of the molecule is CCOC(=O)c1cccc(NC(=O)[C@@H](C)N(c2cc(C)ccc2OC)S(C)(=O)=O)c1. The van der Waals surface area contributed by atoms with Crippen LogP contribution in [0.4, 0.5) is 11.4 Å². The van der Waals surface area contributed by atoms with Crippen molar-refractivity contribution in [3.05, 3.63) is 53.6 Å². The van der Waals surface area contributed by atoms with Gasteiger partial charge in [-0.15, -0.1) is 0 Å². The van der Waals surface area contributed by atoms with Crippen LogP contribution in [0.2, 0.25) is 0 Å². The van der Waals surface area contributed by atoms with Crippen molar-refractivity contribution in [3.63, 3.8) is 0 Å². The molecule has 0 saturated heterocycles. The molecule has 1 N–H and O–H groups in total. The molecule has 0 saturated carbocycles. The van der Waals surface area contributed by atoms with Crippen molar-refractivity contribution in [2.24, 2.45) is 0 Å². The van der Waals surface area contributed by atoms with Crippen LogP contribution >= 0.6 is 0 Å². The molecule has 162 valence electrons. The largest absolute Gasteiger partial charge is 0.495 e. The second-order valence-corrected chi connectivity index (χ2v) is 8.56. The van der Waals surface area contributed by atoms with Gasteiger partial charge in [-0.05, 0) is 56.7 Å². The van der Waals surface area contributed by atoms with E-state index in [1.54, 1.807) is 43.3 Å². The highest BCUT2D eigenvalue weighted by atomic mass is 32.2. The molecule has 0 aliphatic heterocycles. The average molecular weight is 435 g/mol. The smallest absolute Gasteiger partial charge is 0.338 e. The molecule has 9 heteroatoms. The summed E-state index contributed by atoms with van der Waals surface area (Å²) in [6.45, 7) is 5.22. The van der Waals surface area contributed by atoms with Gasteiger partial charge >= 0.3 is 5.97 Å². The molecule has 0 heterocycles. The number of ether oxygens (including phenoxy) is 2. The quantitative estimate of drug-likeness (QED) is 0.641. The van der Waals surface area contributed by atoms with Gasteiger partial charge in [-0.3, -0.25) is 9.10 Å². The van der Waals surface area contributed by atoms with Crippen LogP contribution in [-0.4, -0.2) is 46.3 Å². The molecule has 2 rings (SSSR count). The summed E-state index contributed by atoms with van der Waals surface area (Å²) in [6, 6.07) is 10.2. The van der Waals surface area contributed by atoms with E-state index in [4.69, 9.17) is 9.47 Å². The first-order valence-electron chi connectivity index (χ1n) is 9.30. The Hall–Kier alpha value is -3.07. The zero-order valence-electron chi connectivity index (χ0n) is 17.6. The van der Waals surface area contributed by atoms with Crippen LogP contribution in [0.3, 0.4) is 0 Å². The van der Waals surface area contributed by atoms with Crippen molar-refractivity contribution in [2.45, 2.75) is 26.8 Å². The van der Waals surface area contributed by atoms with Crippen LogP contribution < -0.4 is 14.4 Å². The van der Waals surface area contributed by atoms with Gasteiger partial charge in [0.1, 0.15) is 11.8 Å². The molecule has 0 aliphatic carbocycles. The summed E-state index contributed by atoms with van der Waals surface area (Å²) < 4.78 is 36.4. The summed E-state index contributed by atoms with van der Waals surface area (Å²) in [7, 11) is -2.38. The fraction of sp³-hybridized carbons (Fsp3) is 0.333. The number of anilines is 2. The number of hydrogen-bond donors (Lipinski definition) is 1. The highest BCUT2D eigenvalue weighted by Gasteiger charge is 2.31. The molecular weight excluding hydrogens is 408 g/mol. The van der Waals surface area contributed by atoms with Crippen molar-refractivity contribution in [2.75, 3.05) is 29.6 Å². The number of amides is 1. The van der Waals surface area contributed by atoms with E-state index >= 15 is 0 Å². The highest BCUT2D eigenvalue weighted by Crippen LogP contribution is 2.32. The predicted octanol–water partition coefficient (Wildman–Crippen LogP) is 2.97. The minimum absolute atomic E-state index is 0.230. The Kier molecular flexibility index (Phi) is 7.44. The van der Waals surface area contributed by atoms with Crippen molar-refractivity contribution < 1.29 is 27.5 Å². The van der Waals surface area contributed by atoms with Crippen LogP contribution in [0.25, 0.3) is 0 Å². The lowest BCUT2D eigenvalue weighted by Crippen LogP contribution is -2.45. The van der Waals surface area contributed by atoms with Crippen molar-refractivity contribution in [1.29, 1.82) is 0 Å². The number of nitrogens with zero attached hydrogens (tertiary/aromatic N) is 1. The molecule has 30 heavy (non-hydrogen) atoms. The fourth-order valence-corrected chi connectivity index (χ4v) is 4.11. The Bertz CT molecular complexity index is 1040. The Balaban J connectivity index is 2.35. The zero-order chi connectivity index (χ0) is 22.5. The molecule has 0 bridgehead atoms. The third-order valence-corrected chi connectivity index (χ3v) is 5.53. The van der Waals surface area contributed by atoms with Crippen LogP contribution in [0, 0.1) is 6.92 Å². The summed E-state index contributed by atoms with van der Waals surface area (Å²) in [4.78, 5) is 24.8. The Labute approximate surface area is 176 Å². The van der Waals surface area contributed by atoms with E-state index in [0.717, 1.165) is 16.1 Å². The number of carbonyl (C=O) groups excluding carboxylic acids is 2. The molecule has 8 nitrogen and oxygen atoms in total. The minimum atomic E-state index is -3.81. The highest BCUT2D eigenvalue weighted by molar-refractivity contribution is 7.92. The maximum Gasteiger partial charge on any atom is 0.338 e. The number of methoxy groups -OCH3 is 1. The molecule has 1 atom stereocenters. The number of rotatable bonds is 8. The van der Waals surface area contributed by atoms with E-state index in [1.165, 1.54) is 20.1 Å². The maximum atomic E-state index is 12.9. The van der Waals surface area contributed by atoms with Gasteiger partial charge in [-0.25, -0.2) is 13.2 Å². The number of hydrogen-bond acceptors (Lipinski definition) is 6. The summed E-state index contributed by atoms with van der Waals surface area (Å²) in [5, 5.41) is 2.66. The Morgan fingerprint density at radius 2 is 1.87 bits per heavy atom. The van der Waals surface area contributed by atoms with Crippen molar-refractivity contribution in [3.8, 4) is 5.75 Å². The van der Waals surface area contributed by atoms with Crippen molar-refractivity contribution in [1.82, 2.24) is 0 Å². The molecule has 2 aromatic rings. The summed E-state index contributed by atoms with van der Waals surface area (Å²) >= 11 is 0. The topological polar surface area (TPSA) is 102 Å². The van der Waals surface area contributed by atoms with Crippen LogP contribution in [0.15, 0.2) is 42.5 Å². The second-order valence-electron chi connectivity index (χ2n) is 6.70. The molecule has 0 spiro atoms. The third-order valence-electron chi connectivity index (χ3n) is 4.30. The van der Waals surface area contributed by atoms with E-state index in [9.17, 15) is 18.0 Å². The van der Waals surface area contributed by atoms with Gasteiger partial charge in [0.2, 0.25) is 15.9 Å².